The second kappa shape index (κ2) is 5.58. The monoisotopic (exact) mass is 188 g/mol. The molecule has 0 aliphatic rings. The summed E-state index contributed by atoms with van der Waals surface area (Å²) in [6.07, 6.45) is 2.30. The van der Waals surface area contributed by atoms with Crippen molar-refractivity contribution in [3.63, 3.8) is 0 Å². The molecule has 0 bridgehead atoms. The van der Waals surface area contributed by atoms with Crippen LogP contribution in [0.3, 0.4) is 0 Å². The topological polar surface area (TPSA) is 38.5 Å². The third-order valence-corrected chi connectivity index (χ3v) is 2.55. The Labute approximate surface area is 82.2 Å². The van der Waals surface area contributed by atoms with Crippen molar-refractivity contribution in [3.8, 4) is 0 Å². The molecule has 0 heterocycles. The second-order valence-electron chi connectivity index (χ2n) is 3.63. The summed E-state index contributed by atoms with van der Waals surface area (Å²) in [4.78, 5) is 2.01. The van der Waals surface area contributed by atoms with Gasteiger partial charge in [0.25, 0.3) is 0 Å². The molecule has 1 atom stereocenters. The first-order chi connectivity index (χ1) is 5.97. The molecule has 0 aromatic rings. The first kappa shape index (κ1) is 12.9. The number of hydrogen-bond acceptors (Lipinski definition) is 3. The van der Waals surface area contributed by atoms with Crippen molar-refractivity contribution in [2.45, 2.75) is 52.5 Å². The first-order valence-corrected chi connectivity index (χ1v) is 5.15. The second-order valence-corrected chi connectivity index (χ2v) is 3.63. The van der Waals surface area contributed by atoms with Crippen molar-refractivity contribution in [3.05, 3.63) is 0 Å². The van der Waals surface area contributed by atoms with Crippen LogP contribution in [0.1, 0.15) is 40.5 Å². The van der Waals surface area contributed by atoms with Gasteiger partial charge in [0, 0.05) is 0 Å². The van der Waals surface area contributed by atoms with Crippen molar-refractivity contribution in [1.29, 1.82) is 0 Å². The molecule has 1 unspecified atom stereocenters. The van der Waals surface area contributed by atoms with Gasteiger partial charge in [-0.1, -0.05) is 20.8 Å². The molecular formula is C10H24N2O. The molecule has 0 spiro atoms. The van der Waals surface area contributed by atoms with E-state index in [0.717, 1.165) is 19.4 Å². The molecule has 13 heavy (non-hydrogen) atoms. The zero-order valence-electron chi connectivity index (χ0n) is 9.63. The summed E-state index contributed by atoms with van der Waals surface area (Å²) in [5.74, 6) is -0.633. The predicted octanol–water partition coefficient (Wildman–Crippen LogP) is 1.78. The van der Waals surface area contributed by atoms with Gasteiger partial charge in [-0.15, -0.1) is 0 Å². The largest absolute Gasteiger partial charge is 0.344 e. The summed E-state index contributed by atoms with van der Waals surface area (Å²) < 4.78 is 5.79. The third kappa shape index (κ3) is 4.07. The van der Waals surface area contributed by atoms with Crippen LogP contribution in [0.5, 0.6) is 0 Å². The van der Waals surface area contributed by atoms with E-state index in [0.29, 0.717) is 0 Å². The Kier molecular flexibility index (Phi) is 5.53. The number of nitrogens with two attached hydrogens (primary N) is 1. The van der Waals surface area contributed by atoms with Crippen molar-refractivity contribution in [1.82, 2.24) is 4.90 Å². The quantitative estimate of drug-likeness (QED) is 0.646. The van der Waals surface area contributed by atoms with E-state index in [9.17, 15) is 0 Å². The number of nitrogens with zero attached hydrogens (tertiary/aromatic N) is 1. The van der Waals surface area contributed by atoms with E-state index < -0.39 is 5.85 Å². The van der Waals surface area contributed by atoms with E-state index in [1.54, 1.807) is 0 Å². The minimum atomic E-state index is -0.633. The van der Waals surface area contributed by atoms with Crippen LogP contribution >= 0.6 is 0 Å². The van der Waals surface area contributed by atoms with Gasteiger partial charge in [0.15, 0.2) is 5.85 Å². The van der Waals surface area contributed by atoms with Crippen molar-refractivity contribution in [2.75, 3.05) is 13.6 Å². The van der Waals surface area contributed by atoms with Gasteiger partial charge < -0.3 is 4.74 Å². The van der Waals surface area contributed by atoms with Crippen LogP contribution in [0.25, 0.3) is 0 Å². The lowest BCUT2D eigenvalue weighted by molar-refractivity contribution is -0.164. The van der Waals surface area contributed by atoms with Gasteiger partial charge in [0.1, 0.15) is 0 Å². The smallest absolute Gasteiger partial charge is 0.171 e. The van der Waals surface area contributed by atoms with E-state index in [-0.39, 0.29) is 6.10 Å². The highest BCUT2D eigenvalue weighted by molar-refractivity contribution is 4.67. The fourth-order valence-corrected chi connectivity index (χ4v) is 1.20. The molecule has 0 rings (SSSR count). The van der Waals surface area contributed by atoms with Crippen LogP contribution in [0, 0.1) is 0 Å². The Bertz CT molecular complexity index is 133. The lowest BCUT2D eigenvalue weighted by atomic mass is 10.2. The molecule has 3 heteroatoms. The Morgan fingerprint density at radius 3 is 2.08 bits per heavy atom. The minimum absolute atomic E-state index is 0.268. The normalized spacial score (nSPS) is 16.6. The van der Waals surface area contributed by atoms with Crippen LogP contribution in [0.4, 0.5) is 0 Å². The SMILES string of the molecule is CCC(CC)OC(C)(N)N(C)CC. The molecule has 0 aromatic heterocycles. The highest BCUT2D eigenvalue weighted by Gasteiger charge is 2.26. The lowest BCUT2D eigenvalue weighted by Crippen LogP contribution is -2.55. The highest BCUT2D eigenvalue weighted by atomic mass is 16.5. The maximum absolute atomic E-state index is 6.03. The van der Waals surface area contributed by atoms with Gasteiger partial charge >= 0.3 is 0 Å². The summed E-state index contributed by atoms with van der Waals surface area (Å²) in [6.45, 7) is 9.12. The van der Waals surface area contributed by atoms with Crippen LogP contribution in [0.2, 0.25) is 0 Å². The van der Waals surface area contributed by atoms with Gasteiger partial charge in [-0.25, -0.2) is 0 Å². The molecule has 0 aliphatic heterocycles. The summed E-state index contributed by atoms with van der Waals surface area (Å²) in [6, 6.07) is 0. The molecule has 0 fully saturated rings. The van der Waals surface area contributed by atoms with Crippen molar-refractivity contribution in [2.24, 2.45) is 5.73 Å². The highest BCUT2D eigenvalue weighted by Crippen LogP contribution is 2.14. The predicted molar refractivity (Wildman–Crippen MR) is 56.4 cm³/mol. The molecule has 80 valence electrons. The van der Waals surface area contributed by atoms with Crippen LogP contribution in [-0.2, 0) is 4.74 Å². The van der Waals surface area contributed by atoms with E-state index in [1.165, 1.54) is 0 Å². The Morgan fingerprint density at radius 2 is 1.77 bits per heavy atom. The molecular weight excluding hydrogens is 164 g/mol. The average molecular weight is 188 g/mol. The molecule has 0 saturated carbocycles. The average Bonchev–Trinajstić information content (AvgIpc) is 2.12. The molecule has 0 amide bonds. The van der Waals surface area contributed by atoms with E-state index >= 15 is 0 Å². The summed E-state index contributed by atoms with van der Waals surface area (Å²) >= 11 is 0. The Balaban J connectivity index is 4.13. The Morgan fingerprint density at radius 1 is 1.31 bits per heavy atom. The fraction of sp³-hybridized carbons (Fsp3) is 1.00. The molecule has 0 radical (unpaired) electrons. The standard InChI is InChI=1S/C10H24N2O/c1-6-9(7-2)13-10(4,11)12(5)8-3/h9H,6-8,11H2,1-5H3. The van der Waals surface area contributed by atoms with E-state index in [1.807, 2.05) is 18.9 Å². The molecule has 2 N–H and O–H groups in total. The van der Waals surface area contributed by atoms with Crippen molar-refractivity contribution >= 4 is 0 Å². The molecule has 0 saturated heterocycles. The van der Waals surface area contributed by atoms with E-state index in [4.69, 9.17) is 10.5 Å². The van der Waals surface area contributed by atoms with Gasteiger partial charge in [-0.05, 0) is 33.4 Å². The van der Waals surface area contributed by atoms with Crippen LogP contribution < -0.4 is 5.73 Å². The van der Waals surface area contributed by atoms with Gasteiger partial charge in [0.05, 0.1) is 6.10 Å². The van der Waals surface area contributed by atoms with Crippen molar-refractivity contribution < 1.29 is 4.74 Å². The zero-order valence-corrected chi connectivity index (χ0v) is 9.63. The zero-order chi connectivity index (χ0) is 10.5. The third-order valence-electron chi connectivity index (χ3n) is 2.55. The summed E-state index contributed by atoms with van der Waals surface area (Å²) in [5, 5.41) is 0. The van der Waals surface area contributed by atoms with Crippen LogP contribution in [-0.4, -0.2) is 30.4 Å². The number of hydrogen-bond donors (Lipinski definition) is 1. The van der Waals surface area contributed by atoms with Gasteiger partial charge in [-0.2, -0.15) is 0 Å². The first-order valence-electron chi connectivity index (χ1n) is 5.15. The van der Waals surface area contributed by atoms with Gasteiger partial charge in [0.2, 0.25) is 0 Å². The summed E-state index contributed by atoms with van der Waals surface area (Å²) in [5.41, 5.74) is 6.03. The fourth-order valence-electron chi connectivity index (χ4n) is 1.20. The molecule has 0 aliphatic carbocycles. The molecule has 0 aromatic carbocycles. The Hall–Kier alpha value is -0.120. The maximum atomic E-state index is 6.03. The lowest BCUT2D eigenvalue weighted by Gasteiger charge is -2.37. The van der Waals surface area contributed by atoms with Crippen LogP contribution in [0.15, 0.2) is 0 Å². The maximum Gasteiger partial charge on any atom is 0.171 e. The number of ether oxygens (including phenoxy) is 1. The number of rotatable bonds is 6. The van der Waals surface area contributed by atoms with E-state index in [2.05, 4.69) is 20.8 Å². The molecule has 3 nitrogen and oxygen atoms in total. The minimum Gasteiger partial charge on any atom is -0.344 e. The summed E-state index contributed by atoms with van der Waals surface area (Å²) in [7, 11) is 1.97. The van der Waals surface area contributed by atoms with Gasteiger partial charge in [-0.3, -0.25) is 10.6 Å².